The number of allylic oxidation sites excluding steroid dienone is 1. The fraction of sp³-hybridized carbons (Fsp3) is 0.0455. The van der Waals surface area contributed by atoms with Crippen LogP contribution >= 0.6 is 23.4 Å². The van der Waals surface area contributed by atoms with Gasteiger partial charge in [-0.15, -0.1) is 0 Å². The van der Waals surface area contributed by atoms with Gasteiger partial charge < -0.3 is 4.74 Å². The second kappa shape index (κ2) is 9.27. The lowest BCUT2D eigenvalue weighted by Gasteiger charge is -2.05. The Bertz CT molecular complexity index is 905. The Morgan fingerprint density at radius 3 is 2.31 bits per heavy atom. The van der Waals surface area contributed by atoms with Crippen molar-refractivity contribution in [3.05, 3.63) is 101 Å². The summed E-state index contributed by atoms with van der Waals surface area (Å²) in [5.41, 5.74) is 2.80. The third kappa shape index (κ3) is 5.01. The van der Waals surface area contributed by atoms with E-state index in [0.29, 0.717) is 0 Å². The highest BCUT2D eigenvalue weighted by Gasteiger charge is 2.03. The maximum absolute atomic E-state index is 6.22. The average molecular weight is 380 g/mol. The number of thioether (sulfide) groups is 1. The van der Waals surface area contributed by atoms with Gasteiger partial charge >= 0.3 is 0 Å². The molecule has 0 saturated carbocycles. The number of aliphatic imine (C=N–C) groups is 1. The number of hydrogen-bond acceptors (Lipinski definition) is 3. The van der Waals surface area contributed by atoms with E-state index >= 15 is 0 Å². The number of benzene rings is 3. The highest BCUT2D eigenvalue weighted by atomic mass is 35.5. The van der Waals surface area contributed by atoms with E-state index in [1.807, 2.05) is 90.3 Å². The molecule has 3 aromatic rings. The molecule has 0 unspecified atom stereocenters. The summed E-state index contributed by atoms with van der Waals surface area (Å²) in [5, 5.41) is 2.75. The Kier molecular flexibility index (Phi) is 6.53. The van der Waals surface area contributed by atoms with Gasteiger partial charge in [-0.2, -0.15) is 0 Å². The van der Waals surface area contributed by atoms with Crippen LogP contribution in [0.15, 0.2) is 100 Å². The van der Waals surface area contributed by atoms with Gasteiger partial charge in [0.1, 0.15) is 5.75 Å². The Balaban J connectivity index is 1.88. The van der Waals surface area contributed by atoms with Crippen molar-refractivity contribution in [3.8, 4) is 5.75 Å². The molecule has 4 heteroatoms. The average Bonchev–Trinajstić information content (AvgIpc) is 2.69. The minimum absolute atomic E-state index is 0.744. The normalized spacial score (nSPS) is 11.7. The molecule has 0 bridgehead atoms. The molecule has 0 aliphatic heterocycles. The predicted molar refractivity (Wildman–Crippen MR) is 112 cm³/mol. The molecular formula is C22H18ClNOS. The molecule has 130 valence electrons. The lowest BCUT2D eigenvalue weighted by atomic mass is 10.1. The summed E-state index contributed by atoms with van der Waals surface area (Å²) < 4.78 is 5.24. The van der Waals surface area contributed by atoms with Crippen LogP contribution in [0.2, 0.25) is 5.02 Å². The minimum atomic E-state index is 0.744. The Morgan fingerprint density at radius 1 is 0.923 bits per heavy atom. The summed E-state index contributed by atoms with van der Waals surface area (Å²) >= 11 is 7.79. The number of nitrogens with zero attached hydrogens (tertiary/aromatic N) is 1. The van der Waals surface area contributed by atoms with Crippen LogP contribution < -0.4 is 4.74 Å². The van der Waals surface area contributed by atoms with Crippen molar-refractivity contribution in [3.63, 3.8) is 0 Å². The van der Waals surface area contributed by atoms with Crippen molar-refractivity contribution >= 4 is 34.8 Å². The van der Waals surface area contributed by atoms with Gasteiger partial charge in [0.2, 0.25) is 0 Å². The third-order valence-electron chi connectivity index (χ3n) is 3.65. The van der Waals surface area contributed by atoms with Crippen LogP contribution in [0.4, 0.5) is 5.69 Å². The van der Waals surface area contributed by atoms with E-state index in [1.54, 1.807) is 18.9 Å². The molecule has 0 aliphatic carbocycles. The van der Waals surface area contributed by atoms with Gasteiger partial charge in [0.25, 0.3) is 0 Å². The van der Waals surface area contributed by atoms with Crippen LogP contribution in [0.3, 0.4) is 0 Å². The van der Waals surface area contributed by atoms with Crippen LogP contribution in [0.25, 0.3) is 0 Å². The van der Waals surface area contributed by atoms with Crippen molar-refractivity contribution in [2.45, 2.75) is 4.90 Å². The molecular weight excluding hydrogens is 362 g/mol. The highest BCUT2D eigenvalue weighted by Crippen LogP contribution is 2.27. The van der Waals surface area contributed by atoms with E-state index in [-0.39, 0.29) is 0 Å². The summed E-state index contributed by atoms with van der Waals surface area (Å²) in [7, 11) is 1.66. The fourth-order valence-corrected chi connectivity index (χ4v) is 3.26. The zero-order valence-electron chi connectivity index (χ0n) is 14.3. The molecule has 0 heterocycles. The van der Waals surface area contributed by atoms with Gasteiger partial charge in [-0.1, -0.05) is 53.7 Å². The molecule has 0 aromatic heterocycles. The van der Waals surface area contributed by atoms with Gasteiger partial charge in [0, 0.05) is 10.5 Å². The molecule has 0 spiro atoms. The topological polar surface area (TPSA) is 21.6 Å². The zero-order chi connectivity index (χ0) is 18.2. The molecule has 0 amide bonds. The Labute approximate surface area is 163 Å². The quantitative estimate of drug-likeness (QED) is 0.348. The van der Waals surface area contributed by atoms with E-state index in [4.69, 9.17) is 21.3 Å². The SMILES string of the molecule is COc1ccc(C(C=CSc2ccccc2Cl)=Nc2ccccc2)cc1. The molecule has 0 atom stereocenters. The van der Waals surface area contributed by atoms with Gasteiger partial charge in [0.05, 0.1) is 23.5 Å². The number of methoxy groups -OCH3 is 1. The molecule has 0 fully saturated rings. The molecule has 0 N–H and O–H groups in total. The number of ether oxygens (including phenoxy) is 1. The summed E-state index contributed by atoms with van der Waals surface area (Å²) in [6.45, 7) is 0. The van der Waals surface area contributed by atoms with Crippen molar-refractivity contribution in [1.82, 2.24) is 0 Å². The largest absolute Gasteiger partial charge is 0.497 e. The van der Waals surface area contributed by atoms with Gasteiger partial charge in [-0.3, -0.25) is 0 Å². The first kappa shape index (κ1) is 18.3. The molecule has 0 aliphatic rings. The van der Waals surface area contributed by atoms with Gasteiger partial charge in [0.15, 0.2) is 0 Å². The van der Waals surface area contributed by atoms with Crippen molar-refractivity contribution in [2.75, 3.05) is 7.11 Å². The lowest BCUT2D eigenvalue weighted by molar-refractivity contribution is 0.415. The van der Waals surface area contributed by atoms with E-state index in [9.17, 15) is 0 Å². The van der Waals surface area contributed by atoms with E-state index in [1.165, 1.54) is 0 Å². The molecule has 26 heavy (non-hydrogen) atoms. The molecule has 0 saturated heterocycles. The first-order valence-electron chi connectivity index (χ1n) is 8.12. The van der Waals surface area contributed by atoms with E-state index in [0.717, 1.165) is 32.6 Å². The monoisotopic (exact) mass is 379 g/mol. The molecule has 0 radical (unpaired) electrons. The maximum Gasteiger partial charge on any atom is 0.118 e. The van der Waals surface area contributed by atoms with Crippen LogP contribution in [0.5, 0.6) is 5.75 Å². The second-order valence-electron chi connectivity index (χ2n) is 5.41. The van der Waals surface area contributed by atoms with Crippen molar-refractivity contribution in [2.24, 2.45) is 4.99 Å². The van der Waals surface area contributed by atoms with Crippen molar-refractivity contribution in [1.29, 1.82) is 0 Å². The van der Waals surface area contributed by atoms with Crippen LogP contribution in [-0.2, 0) is 0 Å². The maximum atomic E-state index is 6.22. The number of rotatable bonds is 6. The predicted octanol–water partition coefficient (Wildman–Crippen LogP) is 6.78. The van der Waals surface area contributed by atoms with Gasteiger partial charge in [-0.05, 0) is 60.0 Å². The Morgan fingerprint density at radius 2 is 1.62 bits per heavy atom. The van der Waals surface area contributed by atoms with E-state index < -0.39 is 0 Å². The minimum Gasteiger partial charge on any atom is -0.497 e. The molecule has 2 nitrogen and oxygen atoms in total. The van der Waals surface area contributed by atoms with Crippen LogP contribution in [0.1, 0.15) is 5.56 Å². The van der Waals surface area contributed by atoms with E-state index in [2.05, 4.69) is 0 Å². The first-order valence-corrected chi connectivity index (χ1v) is 9.38. The van der Waals surface area contributed by atoms with Crippen molar-refractivity contribution < 1.29 is 4.74 Å². The fourth-order valence-electron chi connectivity index (χ4n) is 2.31. The molecule has 3 aromatic carbocycles. The van der Waals surface area contributed by atoms with Crippen LogP contribution in [-0.4, -0.2) is 12.8 Å². The standard InChI is InChI=1S/C22H18ClNOS/c1-25-19-13-11-17(12-14-19)21(24-18-7-3-2-4-8-18)15-16-26-22-10-6-5-9-20(22)23/h2-16H,1H3. The third-order valence-corrected chi connectivity index (χ3v) is 4.97. The van der Waals surface area contributed by atoms with Crippen LogP contribution in [0, 0.1) is 0 Å². The smallest absolute Gasteiger partial charge is 0.118 e. The van der Waals surface area contributed by atoms with Gasteiger partial charge in [-0.25, -0.2) is 4.99 Å². The first-order chi connectivity index (χ1) is 12.8. The zero-order valence-corrected chi connectivity index (χ0v) is 15.9. The highest BCUT2D eigenvalue weighted by molar-refractivity contribution is 8.02. The number of para-hydroxylation sites is 1. The number of halogens is 1. The summed E-state index contributed by atoms with van der Waals surface area (Å²) in [5.74, 6) is 0.822. The lowest BCUT2D eigenvalue weighted by Crippen LogP contribution is -1.96. The summed E-state index contributed by atoms with van der Waals surface area (Å²) in [6, 6.07) is 25.6. The summed E-state index contributed by atoms with van der Waals surface area (Å²) in [4.78, 5) is 5.79. The Hall–Kier alpha value is -2.49. The second-order valence-corrected chi connectivity index (χ2v) is 6.77. The summed E-state index contributed by atoms with van der Waals surface area (Å²) in [6.07, 6.45) is 2.00. The number of hydrogen-bond donors (Lipinski definition) is 0. The molecule has 3 rings (SSSR count).